The first-order valence-corrected chi connectivity index (χ1v) is 12.8. The molecule has 39 heavy (non-hydrogen) atoms. The fourth-order valence-electron chi connectivity index (χ4n) is 4.73. The zero-order chi connectivity index (χ0) is 27.8. The Morgan fingerprint density at radius 2 is 1.74 bits per heavy atom. The van der Waals surface area contributed by atoms with Gasteiger partial charge in [0, 0.05) is 29.8 Å². The van der Waals surface area contributed by atoms with Crippen LogP contribution in [0.25, 0.3) is 33.1 Å². The van der Waals surface area contributed by atoms with Crippen LogP contribution in [0.2, 0.25) is 0 Å². The maximum Gasteiger partial charge on any atom is 0.353 e. The predicted octanol–water partition coefficient (Wildman–Crippen LogP) is 5.58. The number of ether oxygens (including phenoxy) is 4. The summed E-state index contributed by atoms with van der Waals surface area (Å²) >= 11 is 1.11. The van der Waals surface area contributed by atoms with Crippen molar-refractivity contribution in [1.29, 1.82) is 0 Å². The molecule has 0 aliphatic heterocycles. The van der Waals surface area contributed by atoms with Crippen LogP contribution >= 0.6 is 11.7 Å². The van der Waals surface area contributed by atoms with Gasteiger partial charge in [-0.2, -0.15) is 8.75 Å². The second kappa shape index (κ2) is 10.3. The summed E-state index contributed by atoms with van der Waals surface area (Å²) in [7, 11) is 4.49. The fourth-order valence-corrected chi connectivity index (χ4v) is 5.25. The topological polar surface area (TPSA) is 125 Å². The Hall–Kier alpha value is -4.51. The first kappa shape index (κ1) is 26.1. The van der Waals surface area contributed by atoms with Crippen molar-refractivity contribution < 1.29 is 34.0 Å². The third-order valence-electron chi connectivity index (χ3n) is 6.34. The molecule has 0 atom stereocenters. The molecule has 0 aliphatic carbocycles. The van der Waals surface area contributed by atoms with Gasteiger partial charge in [0.05, 0.1) is 50.1 Å². The van der Waals surface area contributed by atoms with Gasteiger partial charge in [-0.1, -0.05) is 6.07 Å². The Kier molecular flexibility index (Phi) is 6.92. The second-order valence-corrected chi connectivity index (χ2v) is 9.62. The SMILES string of the molecule is COc1ccc(-c2c(C(=O)O)n(Cc3ccc4nsnc4c3)c3cc(OC)c(OC(C)C)c(OC)c23)c(O)c1. The van der Waals surface area contributed by atoms with Gasteiger partial charge in [0.1, 0.15) is 28.2 Å². The van der Waals surface area contributed by atoms with Gasteiger partial charge in [0.15, 0.2) is 11.5 Å². The third-order valence-corrected chi connectivity index (χ3v) is 6.90. The Labute approximate surface area is 228 Å². The number of phenols is 1. The van der Waals surface area contributed by atoms with Crippen molar-refractivity contribution in [3.63, 3.8) is 0 Å². The van der Waals surface area contributed by atoms with E-state index in [1.807, 2.05) is 32.0 Å². The van der Waals surface area contributed by atoms with Gasteiger partial charge in [0.25, 0.3) is 0 Å². The first-order chi connectivity index (χ1) is 18.8. The second-order valence-electron chi connectivity index (χ2n) is 9.09. The molecule has 0 bridgehead atoms. The van der Waals surface area contributed by atoms with Crippen LogP contribution in [0.4, 0.5) is 0 Å². The first-order valence-electron chi connectivity index (χ1n) is 12.1. The van der Waals surface area contributed by atoms with E-state index in [1.165, 1.54) is 27.4 Å². The highest BCUT2D eigenvalue weighted by Crippen LogP contribution is 2.51. The number of methoxy groups -OCH3 is 3. The lowest BCUT2D eigenvalue weighted by atomic mass is 9.99. The minimum atomic E-state index is -1.18. The molecular formula is C28H27N3O7S. The number of benzene rings is 3. The molecule has 0 aliphatic rings. The van der Waals surface area contributed by atoms with E-state index in [-0.39, 0.29) is 29.7 Å². The molecule has 0 fully saturated rings. The normalized spacial score (nSPS) is 11.3. The number of hydrogen-bond donors (Lipinski definition) is 2. The quantitative estimate of drug-likeness (QED) is 0.242. The number of aromatic nitrogens is 3. The molecule has 0 saturated heterocycles. The molecule has 0 unspecified atom stereocenters. The average Bonchev–Trinajstić information content (AvgIpc) is 3.50. The van der Waals surface area contributed by atoms with Crippen molar-refractivity contribution in [3.8, 4) is 39.9 Å². The van der Waals surface area contributed by atoms with Gasteiger partial charge in [-0.05, 0) is 43.7 Å². The van der Waals surface area contributed by atoms with Gasteiger partial charge >= 0.3 is 5.97 Å². The Morgan fingerprint density at radius 3 is 2.38 bits per heavy atom. The molecule has 5 aromatic rings. The fraction of sp³-hybridized carbons (Fsp3) is 0.250. The predicted molar refractivity (Wildman–Crippen MR) is 148 cm³/mol. The summed E-state index contributed by atoms with van der Waals surface area (Å²) < 4.78 is 33.1. The highest BCUT2D eigenvalue weighted by atomic mass is 32.1. The summed E-state index contributed by atoms with van der Waals surface area (Å²) in [6.07, 6.45) is -0.220. The molecule has 0 saturated carbocycles. The number of aromatic carboxylic acids is 1. The summed E-state index contributed by atoms with van der Waals surface area (Å²) in [5.74, 6) is 0.118. The minimum Gasteiger partial charge on any atom is -0.507 e. The molecule has 3 aromatic carbocycles. The van der Waals surface area contributed by atoms with Gasteiger partial charge in [-0.15, -0.1) is 0 Å². The molecule has 202 valence electrons. The van der Waals surface area contributed by atoms with Gasteiger partial charge < -0.3 is 33.7 Å². The summed E-state index contributed by atoms with van der Waals surface area (Å²) in [6, 6.07) is 12.1. The molecule has 2 aromatic heterocycles. The van der Waals surface area contributed by atoms with Crippen molar-refractivity contribution in [3.05, 3.63) is 53.7 Å². The standard InChI is InChI=1S/C28H27N3O7S/c1-14(2)38-26-22(36-4)12-20-24(27(26)37-5)23(17-8-7-16(35-3)11-21(17)32)25(28(33)34)31(20)13-15-6-9-18-19(10-15)30-39-29-18/h6-12,14,32H,13H2,1-5H3,(H,33,34). The van der Waals surface area contributed by atoms with E-state index in [0.29, 0.717) is 39.5 Å². The molecule has 10 nitrogen and oxygen atoms in total. The van der Waals surface area contributed by atoms with Crippen LogP contribution in [0.3, 0.4) is 0 Å². The lowest BCUT2D eigenvalue weighted by Gasteiger charge is -2.19. The summed E-state index contributed by atoms with van der Waals surface area (Å²) in [6.45, 7) is 3.94. The number of carboxylic acid groups (broad SMARTS) is 1. The lowest BCUT2D eigenvalue weighted by molar-refractivity contribution is 0.0687. The van der Waals surface area contributed by atoms with E-state index in [2.05, 4.69) is 8.75 Å². The van der Waals surface area contributed by atoms with Gasteiger partial charge in [-0.3, -0.25) is 0 Å². The molecule has 2 N–H and O–H groups in total. The van der Waals surface area contributed by atoms with E-state index in [0.717, 1.165) is 28.3 Å². The largest absolute Gasteiger partial charge is 0.507 e. The summed E-state index contributed by atoms with van der Waals surface area (Å²) in [4.78, 5) is 12.9. The van der Waals surface area contributed by atoms with Crippen LogP contribution in [0.5, 0.6) is 28.7 Å². The summed E-state index contributed by atoms with van der Waals surface area (Å²) in [5, 5.41) is 22.1. The van der Waals surface area contributed by atoms with Crippen LogP contribution in [-0.2, 0) is 6.54 Å². The molecule has 0 spiro atoms. The number of fused-ring (bicyclic) bond motifs is 2. The van der Waals surface area contributed by atoms with Gasteiger partial charge in [-0.25, -0.2) is 4.79 Å². The summed E-state index contributed by atoms with van der Waals surface area (Å²) in [5.41, 5.74) is 3.38. The van der Waals surface area contributed by atoms with Crippen LogP contribution in [0.1, 0.15) is 29.9 Å². The monoisotopic (exact) mass is 549 g/mol. The lowest BCUT2D eigenvalue weighted by Crippen LogP contribution is -2.11. The average molecular weight is 550 g/mol. The number of rotatable bonds is 9. The van der Waals surface area contributed by atoms with Crippen molar-refractivity contribution in [2.24, 2.45) is 0 Å². The van der Waals surface area contributed by atoms with E-state index in [4.69, 9.17) is 18.9 Å². The molecule has 2 heterocycles. The van der Waals surface area contributed by atoms with E-state index in [1.54, 1.807) is 22.8 Å². The number of carbonyl (C=O) groups is 1. The maximum absolute atomic E-state index is 12.9. The van der Waals surface area contributed by atoms with Crippen molar-refractivity contribution >= 4 is 39.6 Å². The zero-order valence-corrected chi connectivity index (χ0v) is 22.8. The molecule has 0 amide bonds. The highest BCUT2D eigenvalue weighted by molar-refractivity contribution is 7.00. The smallest absolute Gasteiger partial charge is 0.353 e. The van der Waals surface area contributed by atoms with Crippen LogP contribution in [0.15, 0.2) is 42.5 Å². The van der Waals surface area contributed by atoms with Crippen LogP contribution < -0.4 is 18.9 Å². The zero-order valence-electron chi connectivity index (χ0n) is 22.0. The van der Waals surface area contributed by atoms with E-state index < -0.39 is 5.97 Å². The van der Waals surface area contributed by atoms with Crippen LogP contribution in [0, 0.1) is 0 Å². The number of aromatic hydroxyl groups is 1. The van der Waals surface area contributed by atoms with E-state index in [9.17, 15) is 15.0 Å². The Morgan fingerprint density at radius 1 is 0.974 bits per heavy atom. The molecule has 5 rings (SSSR count). The number of carboxylic acids is 1. The Balaban J connectivity index is 1.90. The molecule has 11 heteroatoms. The number of phenolic OH excluding ortho intramolecular Hbond substituents is 1. The minimum absolute atomic E-state index is 0.0379. The van der Waals surface area contributed by atoms with Crippen molar-refractivity contribution in [2.45, 2.75) is 26.5 Å². The van der Waals surface area contributed by atoms with Crippen LogP contribution in [-0.4, -0.2) is 56.9 Å². The van der Waals surface area contributed by atoms with Crippen molar-refractivity contribution in [2.75, 3.05) is 21.3 Å². The van der Waals surface area contributed by atoms with Crippen molar-refractivity contribution in [1.82, 2.24) is 13.3 Å². The maximum atomic E-state index is 12.9. The number of hydrogen-bond acceptors (Lipinski definition) is 9. The third kappa shape index (κ3) is 4.54. The molecule has 0 radical (unpaired) electrons. The van der Waals surface area contributed by atoms with E-state index >= 15 is 0 Å². The highest BCUT2D eigenvalue weighted by Gasteiger charge is 2.31. The van der Waals surface area contributed by atoms with Gasteiger partial charge in [0.2, 0.25) is 5.75 Å². The Bertz CT molecular complexity index is 1710. The number of nitrogens with zero attached hydrogens (tertiary/aromatic N) is 3. The molecular weight excluding hydrogens is 522 g/mol.